The molecule has 0 radical (unpaired) electrons. The molecule has 3 atom stereocenters. The Labute approximate surface area is 95.7 Å². The molecule has 0 aliphatic carbocycles. The van der Waals surface area contributed by atoms with Crippen LogP contribution in [0.1, 0.15) is 5.56 Å². The molecule has 2 aliphatic heterocycles. The molecule has 1 fully saturated rings. The predicted molar refractivity (Wildman–Crippen MR) is 60.0 cm³/mol. The monoisotopic (exact) mass is 236 g/mol. The number of rotatable bonds is 0. The fourth-order valence-electron chi connectivity index (χ4n) is 2.01. The summed E-state index contributed by atoms with van der Waals surface area (Å²) in [7, 11) is 0. The minimum absolute atomic E-state index is 0.0183. The molecule has 5 heteroatoms. The number of hydrogen-bond donors (Lipinski definition) is 0. The van der Waals surface area contributed by atoms with Crippen molar-refractivity contribution in [1.29, 1.82) is 0 Å². The molecule has 1 saturated heterocycles. The molecule has 0 amide bonds. The van der Waals surface area contributed by atoms with Crippen molar-refractivity contribution < 1.29 is 8.39 Å². The van der Waals surface area contributed by atoms with Gasteiger partial charge in [0, 0.05) is 0 Å². The van der Waals surface area contributed by atoms with Crippen LogP contribution in [0.25, 0.3) is 0 Å². The Morgan fingerprint density at radius 2 is 2.12 bits per heavy atom. The van der Waals surface area contributed by atoms with E-state index < -0.39 is 11.1 Å². The highest BCUT2D eigenvalue weighted by Gasteiger charge is 2.30. The van der Waals surface area contributed by atoms with Gasteiger partial charge in [0.15, 0.2) is 11.1 Å². The number of hydrogen-bond acceptors (Lipinski definition) is 4. The lowest BCUT2D eigenvalue weighted by Crippen LogP contribution is -2.46. The van der Waals surface area contributed by atoms with Crippen molar-refractivity contribution in [2.24, 2.45) is 9.98 Å². The maximum Gasteiger partial charge on any atom is 0.157 e. The van der Waals surface area contributed by atoms with E-state index in [2.05, 4.69) is 9.98 Å². The summed E-state index contributed by atoms with van der Waals surface area (Å²) in [5, 5.41) is 1.84. The molecular weight excluding hydrogens is 224 g/mol. The Morgan fingerprint density at radius 1 is 1.31 bits per heavy atom. The van der Waals surface area contributed by atoms with Crippen molar-refractivity contribution in [3.8, 4) is 0 Å². The third kappa shape index (κ3) is 1.70. The lowest BCUT2D eigenvalue weighted by molar-refractivity contribution is 0.270. The molecule has 3 rings (SSSR count). The molecule has 0 aromatic heterocycles. The summed E-state index contributed by atoms with van der Waals surface area (Å²) >= 11 is -1.19. The Hall–Kier alpha value is -1.07. The molecule has 2 aliphatic rings. The van der Waals surface area contributed by atoms with E-state index in [0.29, 0.717) is 12.4 Å². The zero-order valence-electron chi connectivity index (χ0n) is 8.92. The van der Waals surface area contributed by atoms with Crippen LogP contribution < -0.4 is 10.7 Å². The zero-order chi connectivity index (χ0) is 11.1. The van der Waals surface area contributed by atoms with E-state index in [1.807, 2.05) is 25.1 Å². The van der Waals surface area contributed by atoms with Crippen molar-refractivity contribution >= 4 is 11.1 Å². The Kier molecular flexibility index (Phi) is 2.37. The molecule has 16 heavy (non-hydrogen) atoms. The molecule has 0 bridgehead atoms. The second kappa shape index (κ2) is 3.75. The lowest BCUT2D eigenvalue weighted by atomic mass is 10.1. The van der Waals surface area contributed by atoms with E-state index in [-0.39, 0.29) is 12.1 Å². The van der Waals surface area contributed by atoms with Crippen LogP contribution in [0, 0.1) is 6.92 Å². The molecule has 4 nitrogen and oxygen atoms in total. The zero-order valence-corrected chi connectivity index (χ0v) is 9.74. The largest absolute Gasteiger partial charge is 0.288 e. The van der Waals surface area contributed by atoms with Gasteiger partial charge in [-0.1, -0.05) is 6.07 Å². The normalized spacial score (nSPS) is 31.9. The number of nitrogens with zero attached hydrogens (tertiary/aromatic N) is 2. The highest BCUT2D eigenvalue weighted by molar-refractivity contribution is 7.80. The van der Waals surface area contributed by atoms with E-state index in [0.717, 1.165) is 10.7 Å². The molecule has 1 aromatic carbocycles. The average molecular weight is 236 g/mol. The maximum absolute atomic E-state index is 11.3. The molecule has 0 spiro atoms. The maximum atomic E-state index is 11.3. The highest BCUT2D eigenvalue weighted by Crippen LogP contribution is 2.14. The van der Waals surface area contributed by atoms with Crippen LogP contribution in [0.15, 0.2) is 28.2 Å². The van der Waals surface area contributed by atoms with Gasteiger partial charge in [-0.3, -0.25) is 14.2 Å². The van der Waals surface area contributed by atoms with Gasteiger partial charge in [0.25, 0.3) is 0 Å². The SMILES string of the molecule is Cc1ccc2c(c1)=NC1COS(=O)CC1N=2. The fourth-order valence-corrected chi connectivity index (χ4v) is 2.97. The third-order valence-corrected chi connectivity index (χ3v) is 3.87. The van der Waals surface area contributed by atoms with Crippen LogP contribution in [-0.4, -0.2) is 28.7 Å². The first-order valence-corrected chi connectivity index (χ1v) is 6.51. The van der Waals surface area contributed by atoms with Crippen molar-refractivity contribution in [2.75, 3.05) is 12.4 Å². The molecule has 0 saturated carbocycles. The van der Waals surface area contributed by atoms with Gasteiger partial charge in [-0.15, -0.1) is 0 Å². The summed E-state index contributed by atoms with van der Waals surface area (Å²) < 4.78 is 16.4. The predicted octanol–water partition coefficient (Wildman–Crippen LogP) is -0.321. The first-order chi connectivity index (χ1) is 7.72. The van der Waals surface area contributed by atoms with Crippen molar-refractivity contribution in [2.45, 2.75) is 19.0 Å². The Bertz CT molecular complexity index is 570. The van der Waals surface area contributed by atoms with Crippen molar-refractivity contribution in [1.82, 2.24) is 0 Å². The van der Waals surface area contributed by atoms with E-state index in [1.54, 1.807) is 0 Å². The average Bonchev–Trinajstić information content (AvgIpc) is 2.26. The summed E-state index contributed by atoms with van der Waals surface area (Å²) in [6.07, 6.45) is 0. The quantitative estimate of drug-likeness (QED) is 0.620. The minimum atomic E-state index is -1.19. The summed E-state index contributed by atoms with van der Waals surface area (Å²) in [5.74, 6) is 0.460. The van der Waals surface area contributed by atoms with Crippen LogP contribution in [0.3, 0.4) is 0 Å². The van der Waals surface area contributed by atoms with Crippen LogP contribution >= 0.6 is 0 Å². The fraction of sp³-hybridized carbons (Fsp3) is 0.455. The van der Waals surface area contributed by atoms with Gasteiger partial charge in [0.1, 0.15) is 0 Å². The number of fused-ring (bicyclic) bond motifs is 2. The van der Waals surface area contributed by atoms with Gasteiger partial charge < -0.3 is 0 Å². The second-order valence-electron chi connectivity index (χ2n) is 4.14. The highest BCUT2D eigenvalue weighted by atomic mass is 32.2. The van der Waals surface area contributed by atoms with Crippen molar-refractivity contribution in [3.63, 3.8) is 0 Å². The molecule has 2 heterocycles. The molecule has 0 N–H and O–H groups in total. The first-order valence-electron chi connectivity index (χ1n) is 5.26. The van der Waals surface area contributed by atoms with E-state index in [1.165, 1.54) is 5.56 Å². The van der Waals surface area contributed by atoms with Crippen LogP contribution in [-0.2, 0) is 15.3 Å². The van der Waals surface area contributed by atoms with Crippen LogP contribution in [0.5, 0.6) is 0 Å². The third-order valence-electron chi connectivity index (χ3n) is 2.86. The van der Waals surface area contributed by atoms with Crippen molar-refractivity contribution in [3.05, 3.63) is 34.5 Å². The van der Waals surface area contributed by atoms with Gasteiger partial charge in [-0.25, -0.2) is 4.21 Å². The minimum Gasteiger partial charge on any atom is -0.288 e. The summed E-state index contributed by atoms with van der Waals surface area (Å²) in [5.41, 5.74) is 1.18. The molecule has 3 unspecified atom stereocenters. The van der Waals surface area contributed by atoms with Gasteiger partial charge in [0.05, 0.1) is 35.2 Å². The van der Waals surface area contributed by atoms with Crippen LogP contribution in [0.2, 0.25) is 0 Å². The smallest absolute Gasteiger partial charge is 0.157 e. The van der Waals surface area contributed by atoms with E-state index in [4.69, 9.17) is 4.18 Å². The van der Waals surface area contributed by atoms with Gasteiger partial charge in [-0.2, -0.15) is 0 Å². The van der Waals surface area contributed by atoms with Gasteiger partial charge in [-0.05, 0) is 24.6 Å². The van der Waals surface area contributed by atoms with Crippen LogP contribution in [0.4, 0.5) is 0 Å². The number of benzene rings is 1. The Balaban J connectivity index is 2.12. The standard InChI is InChI=1S/C11H12N2O2S/c1-7-2-3-8-9(4-7)13-10-5-15-16(14)6-11(10)12-8/h2-4,10-11H,5-6H2,1H3. The topological polar surface area (TPSA) is 51.0 Å². The van der Waals surface area contributed by atoms with E-state index >= 15 is 0 Å². The summed E-state index contributed by atoms with van der Waals surface area (Å²) in [4.78, 5) is 9.20. The van der Waals surface area contributed by atoms with Gasteiger partial charge >= 0.3 is 0 Å². The number of aryl methyl sites for hydroxylation is 1. The summed E-state index contributed by atoms with van der Waals surface area (Å²) in [6, 6.07) is 6.08. The first kappa shape index (κ1) is 10.1. The van der Waals surface area contributed by atoms with Gasteiger partial charge in [0.2, 0.25) is 0 Å². The summed E-state index contributed by atoms with van der Waals surface area (Å²) in [6.45, 7) is 2.45. The molecular formula is C11H12N2O2S. The van der Waals surface area contributed by atoms with E-state index in [9.17, 15) is 4.21 Å². The second-order valence-corrected chi connectivity index (χ2v) is 5.32. The Morgan fingerprint density at radius 3 is 3.00 bits per heavy atom. The lowest BCUT2D eigenvalue weighted by Gasteiger charge is -2.26. The molecule has 84 valence electrons. The molecule has 1 aromatic rings.